The average Bonchev–Trinajstić information content (AvgIpc) is 1.36. The molecule has 0 aliphatic heterocycles. The normalized spacial score (nSPS) is 8.25. The van der Waals surface area contributed by atoms with Crippen LogP contribution in [-0.2, 0) is 0 Å². The predicted molar refractivity (Wildman–Crippen MR) is 41.6 cm³/mol. The standard InChI is InChI=1S/C5H11.C2H5.Mg/c1-5(2,3)4;1-2;/h1H2,2-4H3;1H2,2H3;/q2*-1;+2. The van der Waals surface area contributed by atoms with E-state index in [1.54, 1.807) is 6.92 Å². The van der Waals surface area contributed by atoms with Crippen LogP contribution in [0.2, 0.25) is 0 Å². The second-order valence-corrected chi connectivity index (χ2v) is 2.56. The first-order valence-electron chi connectivity index (χ1n) is 2.56. The number of rotatable bonds is 0. The van der Waals surface area contributed by atoms with E-state index in [9.17, 15) is 0 Å². The summed E-state index contributed by atoms with van der Waals surface area (Å²) >= 11 is 0. The average molecular weight is 125 g/mol. The fourth-order valence-corrected chi connectivity index (χ4v) is 0. The second kappa shape index (κ2) is 7.77. The van der Waals surface area contributed by atoms with E-state index in [1.165, 1.54) is 0 Å². The van der Waals surface area contributed by atoms with Crippen LogP contribution in [0, 0.1) is 19.3 Å². The van der Waals surface area contributed by atoms with Crippen LogP contribution in [0.3, 0.4) is 0 Å². The van der Waals surface area contributed by atoms with E-state index < -0.39 is 0 Å². The van der Waals surface area contributed by atoms with E-state index in [4.69, 9.17) is 0 Å². The Morgan fingerprint density at radius 3 is 1.00 bits per heavy atom. The minimum atomic E-state index is 0. The monoisotopic (exact) mass is 124 g/mol. The van der Waals surface area contributed by atoms with Crippen LogP contribution < -0.4 is 0 Å². The van der Waals surface area contributed by atoms with Gasteiger partial charge in [0.15, 0.2) is 0 Å². The summed E-state index contributed by atoms with van der Waals surface area (Å²) in [4.78, 5) is 0. The molecule has 0 fully saturated rings. The molecule has 0 rings (SSSR count). The molecule has 0 aliphatic carbocycles. The topological polar surface area (TPSA) is 0 Å². The SMILES string of the molecule is [CH2-]C.[CH2-]C(C)(C)C.[Mg+2]. The quantitative estimate of drug-likeness (QED) is 0.343. The number of hydrogen-bond acceptors (Lipinski definition) is 0. The predicted octanol–water partition coefficient (Wildman–Crippen LogP) is 2.33. The Morgan fingerprint density at radius 1 is 1.00 bits per heavy atom. The fraction of sp³-hybridized carbons (Fsp3) is 0.714. The van der Waals surface area contributed by atoms with Crippen molar-refractivity contribution in [2.45, 2.75) is 27.7 Å². The summed E-state index contributed by atoms with van der Waals surface area (Å²) in [5, 5.41) is 0. The van der Waals surface area contributed by atoms with Gasteiger partial charge in [0.25, 0.3) is 0 Å². The summed E-state index contributed by atoms with van der Waals surface area (Å²) < 4.78 is 0. The van der Waals surface area contributed by atoms with Crippen molar-refractivity contribution in [3.8, 4) is 0 Å². The Morgan fingerprint density at radius 2 is 1.00 bits per heavy atom. The van der Waals surface area contributed by atoms with Gasteiger partial charge in [-0.1, -0.05) is 20.8 Å². The molecule has 0 bridgehead atoms. The van der Waals surface area contributed by atoms with E-state index in [0.29, 0.717) is 0 Å². The molecule has 0 saturated heterocycles. The first kappa shape index (κ1) is 15.9. The van der Waals surface area contributed by atoms with Crippen molar-refractivity contribution in [2.75, 3.05) is 0 Å². The summed E-state index contributed by atoms with van der Waals surface area (Å²) in [6.07, 6.45) is 0. The van der Waals surface area contributed by atoms with Crippen molar-refractivity contribution >= 4 is 23.1 Å². The van der Waals surface area contributed by atoms with Gasteiger partial charge in [-0.2, -0.15) is 12.3 Å². The molecule has 0 amide bonds. The maximum atomic E-state index is 3.77. The zero-order valence-electron chi connectivity index (χ0n) is 6.62. The summed E-state index contributed by atoms with van der Waals surface area (Å²) in [7, 11) is 0. The summed E-state index contributed by atoms with van der Waals surface area (Å²) in [5.41, 5.74) is 0.250. The van der Waals surface area contributed by atoms with Gasteiger partial charge < -0.3 is 13.8 Å². The Labute approximate surface area is 70.2 Å². The fourth-order valence-electron chi connectivity index (χ4n) is 0. The van der Waals surface area contributed by atoms with Crippen LogP contribution in [0.1, 0.15) is 27.7 Å². The Bertz CT molecular complexity index is 19.9. The molecule has 0 aliphatic rings. The molecule has 0 atom stereocenters. The van der Waals surface area contributed by atoms with Crippen LogP contribution in [-0.4, -0.2) is 23.1 Å². The Balaban J connectivity index is -0.0000000750. The van der Waals surface area contributed by atoms with Gasteiger partial charge in [0, 0.05) is 0 Å². The first-order valence-corrected chi connectivity index (χ1v) is 2.56. The van der Waals surface area contributed by atoms with Crippen LogP contribution >= 0.6 is 0 Å². The summed E-state index contributed by atoms with van der Waals surface area (Å²) in [6.45, 7) is 15.0. The van der Waals surface area contributed by atoms with Crippen LogP contribution in [0.15, 0.2) is 0 Å². The molecule has 0 spiro atoms. The molecule has 0 radical (unpaired) electrons. The molecule has 0 aromatic heterocycles. The molecule has 0 N–H and O–H groups in total. The van der Waals surface area contributed by atoms with Crippen LogP contribution in [0.4, 0.5) is 0 Å². The van der Waals surface area contributed by atoms with Crippen LogP contribution in [0.25, 0.3) is 0 Å². The van der Waals surface area contributed by atoms with E-state index in [2.05, 4.69) is 34.6 Å². The van der Waals surface area contributed by atoms with Gasteiger partial charge in [0.1, 0.15) is 0 Å². The molecule has 0 saturated carbocycles. The molecule has 0 aromatic carbocycles. The van der Waals surface area contributed by atoms with Gasteiger partial charge in [-0.05, 0) is 0 Å². The minimum absolute atomic E-state index is 0. The zero-order valence-corrected chi connectivity index (χ0v) is 8.04. The smallest absolute Gasteiger partial charge is 0.346 e. The molecule has 0 heterocycles. The Hall–Kier alpha value is 0.766. The molecule has 0 nitrogen and oxygen atoms in total. The van der Waals surface area contributed by atoms with Gasteiger partial charge in [0.05, 0.1) is 0 Å². The van der Waals surface area contributed by atoms with Crippen molar-refractivity contribution in [1.82, 2.24) is 0 Å². The molecule has 8 heavy (non-hydrogen) atoms. The third-order valence-electron chi connectivity index (χ3n) is 0. The third-order valence-corrected chi connectivity index (χ3v) is 0. The Kier molecular flexibility index (Phi) is 15.4. The first-order chi connectivity index (χ1) is 3.00. The van der Waals surface area contributed by atoms with Crippen LogP contribution in [0.5, 0.6) is 0 Å². The summed E-state index contributed by atoms with van der Waals surface area (Å²) in [5.74, 6) is 0. The van der Waals surface area contributed by atoms with Gasteiger partial charge >= 0.3 is 23.1 Å². The molecule has 0 unspecified atom stereocenters. The second-order valence-electron chi connectivity index (χ2n) is 2.56. The maximum absolute atomic E-state index is 3.77. The maximum Gasteiger partial charge on any atom is 2.00 e. The van der Waals surface area contributed by atoms with Crippen molar-refractivity contribution in [3.63, 3.8) is 0 Å². The van der Waals surface area contributed by atoms with Gasteiger partial charge in [-0.25, -0.2) is 0 Å². The van der Waals surface area contributed by atoms with E-state index in [0.717, 1.165) is 0 Å². The molecular weight excluding hydrogens is 108 g/mol. The largest absolute Gasteiger partial charge is 2.00 e. The van der Waals surface area contributed by atoms with Crippen molar-refractivity contribution in [2.24, 2.45) is 5.41 Å². The molecule has 0 aromatic rings. The van der Waals surface area contributed by atoms with Crippen molar-refractivity contribution < 1.29 is 0 Å². The third kappa shape index (κ3) is 383. The van der Waals surface area contributed by atoms with E-state index >= 15 is 0 Å². The van der Waals surface area contributed by atoms with Gasteiger partial charge in [-0.15, -0.1) is 0 Å². The van der Waals surface area contributed by atoms with E-state index in [-0.39, 0.29) is 28.5 Å². The minimum Gasteiger partial charge on any atom is -0.346 e. The molecular formula is C7H16Mg. The molecule has 1 heteroatoms. The van der Waals surface area contributed by atoms with E-state index in [1.807, 2.05) is 0 Å². The molecule has 46 valence electrons. The zero-order chi connectivity index (χ0) is 6.50. The van der Waals surface area contributed by atoms with Gasteiger partial charge in [0.2, 0.25) is 0 Å². The van der Waals surface area contributed by atoms with Crippen molar-refractivity contribution in [3.05, 3.63) is 13.8 Å². The van der Waals surface area contributed by atoms with Gasteiger partial charge in [-0.3, -0.25) is 0 Å². The van der Waals surface area contributed by atoms with Crippen molar-refractivity contribution in [1.29, 1.82) is 0 Å². The number of hydrogen-bond donors (Lipinski definition) is 0. The summed E-state index contributed by atoms with van der Waals surface area (Å²) in [6, 6.07) is 0.